The lowest BCUT2D eigenvalue weighted by Crippen LogP contribution is -2.37. The third kappa shape index (κ3) is 3.85. The summed E-state index contributed by atoms with van der Waals surface area (Å²) in [5, 5.41) is 9.05. The van der Waals surface area contributed by atoms with Crippen molar-refractivity contribution >= 4 is 17.6 Å². The number of halogens is 2. The summed E-state index contributed by atoms with van der Waals surface area (Å²) in [6, 6.07) is 7.33. The van der Waals surface area contributed by atoms with Crippen LogP contribution in [-0.4, -0.2) is 21.7 Å². The van der Waals surface area contributed by atoms with Crippen molar-refractivity contribution in [2.45, 2.75) is 19.4 Å². The SMILES string of the molecule is CC(C)(Oc1ccc(Oc2ncc(F)cc2Cl)cc1)C(=O)O. The van der Waals surface area contributed by atoms with E-state index in [2.05, 4.69) is 4.98 Å². The van der Waals surface area contributed by atoms with E-state index in [1.54, 1.807) is 24.3 Å². The van der Waals surface area contributed by atoms with Gasteiger partial charge in [-0.2, -0.15) is 0 Å². The van der Waals surface area contributed by atoms with Crippen LogP contribution in [0.4, 0.5) is 4.39 Å². The van der Waals surface area contributed by atoms with Crippen LogP contribution in [0, 0.1) is 5.82 Å². The number of carbonyl (C=O) groups is 1. The van der Waals surface area contributed by atoms with Crippen LogP contribution in [0.1, 0.15) is 13.8 Å². The molecule has 0 spiro atoms. The maximum atomic E-state index is 12.9. The predicted molar refractivity (Wildman–Crippen MR) is 78.1 cm³/mol. The molecule has 116 valence electrons. The largest absolute Gasteiger partial charge is 0.478 e. The molecule has 0 radical (unpaired) electrons. The first-order chi connectivity index (χ1) is 10.3. The number of pyridine rings is 1. The van der Waals surface area contributed by atoms with Crippen molar-refractivity contribution in [3.8, 4) is 17.4 Å². The summed E-state index contributed by atoms with van der Waals surface area (Å²) in [6.07, 6.45) is 0.994. The molecule has 1 heterocycles. The van der Waals surface area contributed by atoms with Gasteiger partial charge < -0.3 is 14.6 Å². The van der Waals surface area contributed by atoms with Crippen LogP contribution in [0.3, 0.4) is 0 Å². The normalized spacial score (nSPS) is 11.1. The first-order valence-corrected chi connectivity index (χ1v) is 6.67. The predicted octanol–water partition coefficient (Wildman–Crippen LogP) is 3.91. The number of rotatable bonds is 5. The summed E-state index contributed by atoms with van der Waals surface area (Å²) in [5.41, 5.74) is -1.34. The lowest BCUT2D eigenvalue weighted by Gasteiger charge is -2.21. The smallest absolute Gasteiger partial charge is 0.347 e. The van der Waals surface area contributed by atoms with Gasteiger partial charge in [0.1, 0.15) is 22.3 Å². The minimum Gasteiger partial charge on any atom is -0.478 e. The molecule has 0 saturated carbocycles. The molecule has 1 aromatic carbocycles. The van der Waals surface area contributed by atoms with Gasteiger partial charge in [-0.25, -0.2) is 14.2 Å². The van der Waals surface area contributed by atoms with Crippen molar-refractivity contribution in [3.63, 3.8) is 0 Å². The Balaban J connectivity index is 2.11. The molecule has 0 saturated heterocycles. The minimum atomic E-state index is -1.34. The van der Waals surface area contributed by atoms with Crippen molar-refractivity contribution in [1.82, 2.24) is 4.98 Å². The number of carboxylic acids is 1. The van der Waals surface area contributed by atoms with E-state index in [9.17, 15) is 9.18 Å². The average Bonchev–Trinajstić information content (AvgIpc) is 2.43. The van der Waals surface area contributed by atoms with Gasteiger partial charge >= 0.3 is 5.97 Å². The summed E-state index contributed by atoms with van der Waals surface area (Å²) in [4.78, 5) is 14.7. The molecule has 2 aromatic rings. The number of carboxylic acid groups (broad SMARTS) is 1. The van der Waals surface area contributed by atoms with Gasteiger partial charge in [-0.15, -0.1) is 0 Å². The molecule has 22 heavy (non-hydrogen) atoms. The monoisotopic (exact) mass is 325 g/mol. The van der Waals surface area contributed by atoms with Gasteiger partial charge in [-0.1, -0.05) is 11.6 Å². The summed E-state index contributed by atoms with van der Waals surface area (Å²) in [6.45, 7) is 2.89. The fourth-order valence-electron chi connectivity index (χ4n) is 1.50. The van der Waals surface area contributed by atoms with Crippen molar-refractivity contribution in [2.24, 2.45) is 0 Å². The van der Waals surface area contributed by atoms with Gasteiger partial charge in [0, 0.05) is 0 Å². The number of ether oxygens (including phenoxy) is 2. The molecule has 0 bridgehead atoms. The van der Waals surface area contributed by atoms with Crippen LogP contribution in [0.15, 0.2) is 36.5 Å². The van der Waals surface area contributed by atoms with Gasteiger partial charge in [0.05, 0.1) is 6.20 Å². The number of aliphatic carboxylic acids is 1. The van der Waals surface area contributed by atoms with E-state index in [-0.39, 0.29) is 10.9 Å². The molecule has 0 atom stereocenters. The number of benzene rings is 1. The Morgan fingerprint density at radius 1 is 1.27 bits per heavy atom. The van der Waals surface area contributed by atoms with Gasteiger partial charge in [0.25, 0.3) is 0 Å². The summed E-state index contributed by atoms with van der Waals surface area (Å²) >= 11 is 5.82. The minimum absolute atomic E-state index is 0.0485. The molecular formula is C15H13ClFNO4. The highest BCUT2D eigenvalue weighted by molar-refractivity contribution is 6.31. The first-order valence-electron chi connectivity index (χ1n) is 6.29. The lowest BCUT2D eigenvalue weighted by atomic mass is 10.1. The maximum absolute atomic E-state index is 12.9. The molecule has 0 unspecified atom stereocenters. The Morgan fingerprint density at radius 3 is 2.41 bits per heavy atom. The molecule has 1 aromatic heterocycles. The van der Waals surface area contributed by atoms with E-state index in [1.807, 2.05) is 0 Å². The Hall–Kier alpha value is -2.34. The topological polar surface area (TPSA) is 68.7 Å². The second-order valence-corrected chi connectivity index (χ2v) is 5.34. The molecule has 7 heteroatoms. The molecular weight excluding hydrogens is 313 g/mol. The van der Waals surface area contributed by atoms with E-state index in [1.165, 1.54) is 13.8 Å². The Bertz CT molecular complexity index is 688. The number of hydrogen-bond donors (Lipinski definition) is 1. The van der Waals surface area contributed by atoms with E-state index in [4.69, 9.17) is 26.2 Å². The lowest BCUT2D eigenvalue weighted by molar-refractivity contribution is -0.152. The molecule has 1 N–H and O–H groups in total. The van der Waals surface area contributed by atoms with Gasteiger partial charge in [0.15, 0.2) is 5.60 Å². The molecule has 0 aliphatic carbocycles. The van der Waals surface area contributed by atoms with E-state index in [0.29, 0.717) is 11.5 Å². The van der Waals surface area contributed by atoms with Gasteiger partial charge in [-0.05, 0) is 44.2 Å². The number of nitrogens with zero attached hydrogens (tertiary/aromatic N) is 1. The Morgan fingerprint density at radius 2 is 1.86 bits per heavy atom. The fraction of sp³-hybridized carbons (Fsp3) is 0.200. The molecule has 0 fully saturated rings. The van der Waals surface area contributed by atoms with Gasteiger partial charge in [0.2, 0.25) is 5.88 Å². The highest BCUT2D eigenvalue weighted by Crippen LogP contribution is 2.29. The standard InChI is InChI=1S/C15H13ClFNO4/c1-15(2,14(19)20)22-11-5-3-10(4-6-11)21-13-12(16)7-9(17)8-18-13/h3-8H,1-2H3,(H,19,20). The Kier molecular flexibility index (Phi) is 4.51. The van der Waals surface area contributed by atoms with Crippen molar-refractivity contribution in [1.29, 1.82) is 0 Å². The van der Waals surface area contributed by atoms with Crippen LogP contribution in [0.25, 0.3) is 0 Å². The zero-order valence-electron chi connectivity index (χ0n) is 11.8. The summed E-state index contributed by atoms with van der Waals surface area (Å²) in [5.74, 6) is -0.783. The molecule has 0 aliphatic rings. The van der Waals surface area contributed by atoms with Crippen LogP contribution in [0.5, 0.6) is 17.4 Å². The van der Waals surface area contributed by atoms with Crippen LogP contribution in [-0.2, 0) is 4.79 Å². The zero-order chi connectivity index (χ0) is 16.3. The zero-order valence-corrected chi connectivity index (χ0v) is 12.6. The van der Waals surface area contributed by atoms with Gasteiger partial charge in [-0.3, -0.25) is 0 Å². The summed E-state index contributed by atoms with van der Waals surface area (Å²) < 4.78 is 23.7. The third-order valence-corrected chi connectivity index (χ3v) is 2.97. The van der Waals surface area contributed by atoms with Crippen molar-refractivity contribution in [2.75, 3.05) is 0 Å². The maximum Gasteiger partial charge on any atom is 0.347 e. The molecule has 0 amide bonds. The molecule has 2 rings (SSSR count). The number of aromatic nitrogens is 1. The second-order valence-electron chi connectivity index (χ2n) is 4.93. The van der Waals surface area contributed by atoms with E-state index in [0.717, 1.165) is 12.3 Å². The van der Waals surface area contributed by atoms with E-state index < -0.39 is 17.4 Å². The highest BCUT2D eigenvalue weighted by atomic mass is 35.5. The van der Waals surface area contributed by atoms with E-state index >= 15 is 0 Å². The second kappa shape index (κ2) is 6.19. The first kappa shape index (κ1) is 16.0. The fourth-order valence-corrected chi connectivity index (χ4v) is 1.69. The Labute approximate surface area is 131 Å². The average molecular weight is 326 g/mol. The third-order valence-electron chi connectivity index (χ3n) is 2.70. The quantitative estimate of drug-likeness (QED) is 0.902. The molecule has 5 nitrogen and oxygen atoms in total. The number of hydrogen-bond acceptors (Lipinski definition) is 4. The van der Waals surface area contributed by atoms with Crippen LogP contribution in [0.2, 0.25) is 5.02 Å². The van der Waals surface area contributed by atoms with Crippen LogP contribution >= 0.6 is 11.6 Å². The van der Waals surface area contributed by atoms with Crippen molar-refractivity contribution < 1.29 is 23.8 Å². The van der Waals surface area contributed by atoms with Crippen LogP contribution < -0.4 is 9.47 Å². The summed E-state index contributed by atoms with van der Waals surface area (Å²) in [7, 11) is 0. The highest BCUT2D eigenvalue weighted by Gasteiger charge is 2.29. The van der Waals surface area contributed by atoms with Crippen molar-refractivity contribution in [3.05, 3.63) is 47.4 Å². The molecule has 0 aliphatic heterocycles.